The van der Waals surface area contributed by atoms with Crippen molar-refractivity contribution in [1.29, 1.82) is 0 Å². The summed E-state index contributed by atoms with van der Waals surface area (Å²) in [5, 5.41) is 25.0. The van der Waals surface area contributed by atoms with Crippen molar-refractivity contribution in [2.24, 2.45) is 5.10 Å². The van der Waals surface area contributed by atoms with Gasteiger partial charge in [-0.2, -0.15) is 9.78 Å². The molecule has 3 aromatic carbocycles. The number of nitro groups is 1. The maximum atomic E-state index is 13.2. The first-order chi connectivity index (χ1) is 16.3. The van der Waals surface area contributed by atoms with Crippen molar-refractivity contribution in [3.8, 4) is 17.1 Å². The van der Waals surface area contributed by atoms with Crippen LogP contribution in [0.1, 0.15) is 5.56 Å². The zero-order valence-corrected chi connectivity index (χ0v) is 18.9. The zero-order chi connectivity index (χ0) is 24.2. The van der Waals surface area contributed by atoms with Crippen LogP contribution >= 0.6 is 15.9 Å². The van der Waals surface area contributed by atoms with Crippen molar-refractivity contribution in [1.82, 2.24) is 9.66 Å². The molecular formula is C23H15BrN4O6. The summed E-state index contributed by atoms with van der Waals surface area (Å²) in [4.78, 5) is 39.4. The van der Waals surface area contributed by atoms with E-state index in [1.165, 1.54) is 18.3 Å². The highest BCUT2D eigenvalue weighted by Crippen LogP contribution is 2.36. The third kappa shape index (κ3) is 4.69. The number of hydrogen-bond donors (Lipinski definition) is 1. The Hall–Kier alpha value is -4.38. The summed E-state index contributed by atoms with van der Waals surface area (Å²) in [6.07, 6.45) is 1.28. The molecule has 0 spiro atoms. The lowest BCUT2D eigenvalue weighted by molar-refractivity contribution is -0.385. The van der Waals surface area contributed by atoms with Crippen molar-refractivity contribution >= 4 is 44.7 Å². The first kappa shape index (κ1) is 22.8. The Bertz CT molecular complexity index is 1500. The van der Waals surface area contributed by atoms with Crippen molar-refractivity contribution in [3.63, 3.8) is 0 Å². The molecule has 0 unspecified atom stereocenters. The highest BCUT2D eigenvalue weighted by molar-refractivity contribution is 9.10. The van der Waals surface area contributed by atoms with Crippen molar-refractivity contribution in [2.75, 3.05) is 6.61 Å². The normalized spacial score (nSPS) is 11.1. The second-order valence-corrected chi connectivity index (χ2v) is 7.82. The smallest absolute Gasteiger partial charge is 0.341 e. The minimum absolute atomic E-state index is 0.164. The van der Waals surface area contributed by atoms with E-state index < -0.39 is 28.7 Å². The minimum Gasteiger partial charge on any atom is -0.479 e. The molecule has 0 aliphatic rings. The Kier molecular flexibility index (Phi) is 6.46. The maximum absolute atomic E-state index is 13.2. The summed E-state index contributed by atoms with van der Waals surface area (Å²) in [6.45, 7) is -0.745. The van der Waals surface area contributed by atoms with Crippen molar-refractivity contribution in [2.45, 2.75) is 0 Å². The molecule has 0 radical (unpaired) electrons. The van der Waals surface area contributed by atoms with Crippen LogP contribution < -0.4 is 10.3 Å². The molecule has 1 heterocycles. The van der Waals surface area contributed by atoms with Crippen molar-refractivity contribution in [3.05, 3.63) is 97.2 Å². The number of hydrogen-bond acceptors (Lipinski definition) is 7. The fraction of sp³-hybridized carbons (Fsp3) is 0.0435. The predicted octanol–water partition coefficient (Wildman–Crippen LogP) is 4.08. The number of nitro benzene ring substituents is 1. The summed E-state index contributed by atoms with van der Waals surface area (Å²) in [7, 11) is 0. The van der Waals surface area contributed by atoms with Gasteiger partial charge in [0.1, 0.15) is 0 Å². The van der Waals surface area contributed by atoms with Gasteiger partial charge in [0.2, 0.25) is 5.75 Å². The van der Waals surface area contributed by atoms with E-state index in [9.17, 15) is 19.7 Å². The molecule has 1 N–H and O–H groups in total. The molecule has 4 rings (SSSR count). The number of benzene rings is 3. The van der Waals surface area contributed by atoms with Crippen LogP contribution in [0.25, 0.3) is 22.3 Å². The van der Waals surface area contributed by atoms with Gasteiger partial charge >= 0.3 is 11.7 Å². The first-order valence-electron chi connectivity index (χ1n) is 9.79. The molecule has 34 heavy (non-hydrogen) atoms. The zero-order valence-electron chi connectivity index (χ0n) is 17.3. The van der Waals surface area contributed by atoms with Gasteiger partial charge in [-0.05, 0) is 34.1 Å². The molecule has 0 amide bonds. The summed E-state index contributed by atoms with van der Waals surface area (Å²) in [5.41, 5.74) is 0.587. The van der Waals surface area contributed by atoms with E-state index in [0.717, 1.165) is 4.68 Å². The van der Waals surface area contributed by atoms with Crippen LogP contribution in [-0.2, 0) is 4.79 Å². The van der Waals surface area contributed by atoms with Gasteiger partial charge in [0.05, 0.1) is 26.5 Å². The second-order valence-electron chi connectivity index (χ2n) is 6.97. The molecule has 0 bridgehead atoms. The lowest BCUT2D eigenvalue weighted by Gasteiger charge is -2.10. The maximum Gasteiger partial charge on any atom is 0.341 e. The van der Waals surface area contributed by atoms with Crippen LogP contribution in [0.5, 0.6) is 5.75 Å². The predicted molar refractivity (Wildman–Crippen MR) is 128 cm³/mol. The second kappa shape index (κ2) is 9.63. The van der Waals surface area contributed by atoms with E-state index in [2.05, 4.69) is 26.0 Å². The highest BCUT2D eigenvalue weighted by Gasteiger charge is 2.21. The number of carboxylic acids is 1. The van der Waals surface area contributed by atoms with Gasteiger partial charge in [-0.3, -0.25) is 14.9 Å². The molecule has 4 aromatic rings. The van der Waals surface area contributed by atoms with Gasteiger partial charge in [0, 0.05) is 17.2 Å². The molecule has 0 fully saturated rings. The number of aromatic nitrogens is 2. The molecule has 0 aliphatic heterocycles. The topological polar surface area (TPSA) is 137 Å². The van der Waals surface area contributed by atoms with Gasteiger partial charge in [-0.1, -0.05) is 42.5 Å². The summed E-state index contributed by atoms with van der Waals surface area (Å²) in [5.74, 6) is -1.20. The molecule has 11 heteroatoms. The van der Waals surface area contributed by atoms with Crippen LogP contribution in [-0.4, -0.2) is 38.5 Å². The molecule has 0 saturated heterocycles. The van der Waals surface area contributed by atoms with Crippen molar-refractivity contribution < 1.29 is 19.6 Å². The van der Waals surface area contributed by atoms with E-state index in [1.807, 2.05) is 6.07 Å². The number of carboxylic acid groups (broad SMARTS) is 1. The molecule has 0 aliphatic carbocycles. The molecular weight excluding hydrogens is 508 g/mol. The highest BCUT2D eigenvalue weighted by atomic mass is 79.9. The van der Waals surface area contributed by atoms with Gasteiger partial charge in [0.15, 0.2) is 12.4 Å². The van der Waals surface area contributed by atoms with Crippen LogP contribution in [0, 0.1) is 10.1 Å². The first-order valence-corrected chi connectivity index (χ1v) is 10.6. The Labute approximate surface area is 200 Å². The van der Waals surface area contributed by atoms with Crippen LogP contribution in [0.3, 0.4) is 0 Å². The minimum atomic E-state index is -1.27. The number of fused-ring (bicyclic) bond motifs is 1. The summed E-state index contributed by atoms with van der Waals surface area (Å²) in [6, 6.07) is 18.5. The number of carbonyl (C=O) groups is 1. The van der Waals surface area contributed by atoms with E-state index in [-0.39, 0.29) is 15.8 Å². The standard InChI is InChI=1S/C23H15BrN4O6/c24-17-10-14(11-19(28(32)33)21(17)34-13-20(29)30)12-25-27-22(15-6-2-1-3-7-15)26-18-9-5-4-8-16(18)23(27)31/h1-12H,13H2,(H,29,30). The summed E-state index contributed by atoms with van der Waals surface area (Å²) < 4.78 is 6.35. The lowest BCUT2D eigenvalue weighted by Crippen LogP contribution is -2.20. The number of para-hydroxylation sites is 1. The Morgan fingerprint density at radius 3 is 2.59 bits per heavy atom. The van der Waals surface area contributed by atoms with Gasteiger partial charge in [0.25, 0.3) is 5.56 Å². The van der Waals surface area contributed by atoms with Crippen LogP contribution in [0.15, 0.2) is 81.1 Å². The van der Waals surface area contributed by atoms with E-state index in [4.69, 9.17) is 9.84 Å². The Balaban J connectivity index is 1.84. The molecule has 0 saturated carbocycles. The average molecular weight is 523 g/mol. The third-order valence-corrected chi connectivity index (χ3v) is 5.28. The van der Waals surface area contributed by atoms with Crippen LogP contribution in [0.2, 0.25) is 0 Å². The van der Waals surface area contributed by atoms with E-state index >= 15 is 0 Å². The lowest BCUT2D eigenvalue weighted by atomic mass is 10.2. The van der Waals surface area contributed by atoms with E-state index in [1.54, 1.807) is 48.5 Å². The molecule has 0 atom stereocenters. The number of nitrogens with zero attached hydrogens (tertiary/aromatic N) is 4. The molecule has 10 nitrogen and oxygen atoms in total. The average Bonchev–Trinajstić information content (AvgIpc) is 2.82. The quantitative estimate of drug-likeness (QED) is 0.219. The monoisotopic (exact) mass is 522 g/mol. The third-order valence-electron chi connectivity index (χ3n) is 4.69. The van der Waals surface area contributed by atoms with E-state index in [0.29, 0.717) is 22.3 Å². The molecule has 170 valence electrons. The number of halogens is 1. The number of rotatable bonds is 7. The SMILES string of the molecule is O=C(O)COc1c(Br)cc(C=Nn2c(-c3ccccc3)nc3ccccc3c2=O)cc1[N+](=O)[O-]. The fourth-order valence-electron chi connectivity index (χ4n) is 3.22. The van der Waals surface area contributed by atoms with Gasteiger partial charge in [-0.15, -0.1) is 0 Å². The Morgan fingerprint density at radius 2 is 1.88 bits per heavy atom. The largest absolute Gasteiger partial charge is 0.479 e. The van der Waals surface area contributed by atoms with Gasteiger partial charge in [-0.25, -0.2) is 9.78 Å². The molecule has 1 aromatic heterocycles. The summed E-state index contributed by atoms with van der Waals surface area (Å²) >= 11 is 3.18. The van der Waals surface area contributed by atoms with Gasteiger partial charge < -0.3 is 9.84 Å². The number of aliphatic carboxylic acids is 1. The fourth-order valence-corrected chi connectivity index (χ4v) is 3.80. The number of ether oxygens (including phenoxy) is 1. The Morgan fingerprint density at radius 1 is 1.18 bits per heavy atom. The van der Waals surface area contributed by atoms with Crippen LogP contribution in [0.4, 0.5) is 5.69 Å².